The summed E-state index contributed by atoms with van der Waals surface area (Å²) in [5, 5.41) is 0.675. The van der Waals surface area contributed by atoms with Crippen molar-refractivity contribution in [3.8, 4) is 0 Å². The molecule has 116 valence electrons. The maximum atomic E-state index is 12.2. The Hall–Kier alpha value is -2.60. The van der Waals surface area contributed by atoms with Crippen molar-refractivity contribution in [3.63, 3.8) is 0 Å². The van der Waals surface area contributed by atoms with Crippen molar-refractivity contribution in [3.05, 3.63) is 34.8 Å². The van der Waals surface area contributed by atoms with Gasteiger partial charge in [0.1, 0.15) is 11.5 Å². The zero-order chi connectivity index (χ0) is 16.0. The van der Waals surface area contributed by atoms with Gasteiger partial charge in [-0.25, -0.2) is 9.97 Å². The number of anilines is 1. The third-order valence-corrected chi connectivity index (χ3v) is 4.25. The average molecular weight is 309 g/mol. The average Bonchev–Trinajstić information content (AvgIpc) is 2.58. The largest absolute Gasteiger partial charge is 0.378 e. The van der Waals surface area contributed by atoms with Crippen LogP contribution in [-0.4, -0.2) is 48.3 Å². The molecule has 2 aromatic rings. The fourth-order valence-electron chi connectivity index (χ4n) is 3.20. The molecule has 6 nitrogen and oxygen atoms in total. The molecule has 0 spiro atoms. The second-order valence-electron chi connectivity index (χ2n) is 5.66. The van der Waals surface area contributed by atoms with E-state index in [0.717, 1.165) is 30.6 Å². The molecule has 1 aliphatic heterocycles. The van der Waals surface area contributed by atoms with Gasteiger partial charge in [0.2, 0.25) is 5.78 Å². The number of ketones is 1. The van der Waals surface area contributed by atoms with Crippen molar-refractivity contribution in [2.75, 3.05) is 31.2 Å². The number of rotatable bonds is 2. The molecular weight excluding hydrogens is 294 g/mol. The second kappa shape index (κ2) is 5.24. The Labute approximate surface area is 132 Å². The van der Waals surface area contributed by atoms with Crippen molar-refractivity contribution in [2.45, 2.75) is 6.92 Å². The molecule has 0 bridgehead atoms. The van der Waals surface area contributed by atoms with Crippen LogP contribution in [0.5, 0.6) is 0 Å². The van der Waals surface area contributed by atoms with Crippen LogP contribution in [0, 0.1) is 6.92 Å². The van der Waals surface area contributed by atoms with Crippen molar-refractivity contribution < 1.29 is 14.3 Å². The number of ether oxygens (including phenoxy) is 1. The van der Waals surface area contributed by atoms with E-state index in [1.165, 1.54) is 6.08 Å². The molecular formula is C17H15N3O3. The molecule has 0 radical (unpaired) electrons. The summed E-state index contributed by atoms with van der Waals surface area (Å²) in [5.41, 5.74) is 3.25. The minimum Gasteiger partial charge on any atom is -0.378 e. The van der Waals surface area contributed by atoms with E-state index in [-0.39, 0.29) is 5.78 Å². The smallest absolute Gasteiger partial charge is 0.204 e. The number of hydrogen-bond donors (Lipinski definition) is 0. The normalized spacial score (nSPS) is 16.9. The molecule has 2 aliphatic rings. The fourth-order valence-corrected chi connectivity index (χ4v) is 3.20. The Morgan fingerprint density at radius 2 is 2.00 bits per heavy atom. The monoisotopic (exact) mass is 309 g/mol. The first-order valence-electron chi connectivity index (χ1n) is 7.54. The Balaban J connectivity index is 2.06. The molecule has 1 aromatic heterocycles. The number of aldehydes is 1. The van der Waals surface area contributed by atoms with Crippen LogP contribution in [0.25, 0.3) is 17.0 Å². The predicted molar refractivity (Wildman–Crippen MR) is 86.1 cm³/mol. The lowest BCUT2D eigenvalue weighted by atomic mass is 9.94. The van der Waals surface area contributed by atoms with Crippen molar-refractivity contribution >= 4 is 34.7 Å². The van der Waals surface area contributed by atoms with Crippen LogP contribution in [0.2, 0.25) is 0 Å². The summed E-state index contributed by atoms with van der Waals surface area (Å²) in [6.45, 7) is 4.52. The number of morpholine rings is 1. The van der Waals surface area contributed by atoms with Crippen molar-refractivity contribution in [2.24, 2.45) is 0 Å². The van der Waals surface area contributed by atoms with Gasteiger partial charge in [0.15, 0.2) is 6.29 Å². The highest BCUT2D eigenvalue weighted by Gasteiger charge is 2.25. The summed E-state index contributed by atoms with van der Waals surface area (Å²) in [6, 6.07) is 1.85. The number of aromatic nitrogens is 2. The van der Waals surface area contributed by atoms with Gasteiger partial charge in [-0.2, -0.15) is 0 Å². The summed E-state index contributed by atoms with van der Waals surface area (Å²) in [4.78, 5) is 34.7. The Morgan fingerprint density at radius 3 is 2.74 bits per heavy atom. The van der Waals surface area contributed by atoms with E-state index in [2.05, 4.69) is 14.9 Å². The number of carbonyl (C=O) groups is 2. The highest BCUT2D eigenvalue weighted by molar-refractivity contribution is 6.21. The van der Waals surface area contributed by atoms with Gasteiger partial charge >= 0.3 is 0 Å². The minimum absolute atomic E-state index is 0.149. The van der Waals surface area contributed by atoms with Gasteiger partial charge in [-0.1, -0.05) is 0 Å². The maximum Gasteiger partial charge on any atom is 0.204 e. The number of hydrogen-bond acceptors (Lipinski definition) is 6. The molecule has 0 atom stereocenters. The van der Waals surface area contributed by atoms with Crippen molar-refractivity contribution in [1.29, 1.82) is 0 Å². The van der Waals surface area contributed by atoms with E-state index in [1.807, 2.05) is 6.07 Å². The Morgan fingerprint density at radius 1 is 1.22 bits per heavy atom. The van der Waals surface area contributed by atoms with E-state index >= 15 is 0 Å². The summed E-state index contributed by atoms with van der Waals surface area (Å²) in [6.07, 6.45) is 4.13. The molecule has 1 aliphatic carbocycles. The third kappa shape index (κ3) is 2.14. The van der Waals surface area contributed by atoms with Gasteiger partial charge in [-0.3, -0.25) is 9.59 Å². The molecule has 6 heteroatoms. The number of carbonyl (C=O) groups excluding carboxylic acids is 2. The zero-order valence-electron chi connectivity index (χ0n) is 12.7. The molecule has 0 unspecified atom stereocenters. The standard InChI is InChI=1S/C17H15N3O3/c1-10-18-16-11(9-21)8-13(20-4-6-23-7-5-20)12-2-3-14(22)17(19-10)15(12)16/h2-3,8-9H,4-7H2,1H3. The molecule has 1 fully saturated rings. The lowest BCUT2D eigenvalue weighted by molar-refractivity contribution is 0.104. The zero-order valence-corrected chi connectivity index (χ0v) is 12.7. The first kappa shape index (κ1) is 14.0. The number of benzene rings is 1. The molecule has 23 heavy (non-hydrogen) atoms. The highest BCUT2D eigenvalue weighted by Crippen LogP contribution is 2.36. The predicted octanol–water partition coefficient (Wildman–Crippen LogP) is 1.80. The van der Waals surface area contributed by atoms with Crippen LogP contribution in [-0.2, 0) is 4.74 Å². The van der Waals surface area contributed by atoms with Crippen LogP contribution >= 0.6 is 0 Å². The third-order valence-electron chi connectivity index (χ3n) is 4.25. The van der Waals surface area contributed by atoms with Crippen LogP contribution in [0.15, 0.2) is 12.1 Å². The van der Waals surface area contributed by atoms with Gasteiger partial charge in [-0.05, 0) is 25.1 Å². The maximum absolute atomic E-state index is 12.2. The molecule has 4 rings (SSSR count). The van der Waals surface area contributed by atoms with Gasteiger partial charge in [0, 0.05) is 35.3 Å². The van der Waals surface area contributed by atoms with Crippen LogP contribution < -0.4 is 4.90 Å². The van der Waals surface area contributed by atoms with Crippen LogP contribution in [0.4, 0.5) is 5.69 Å². The van der Waals surface area contributed by atoms with Gasteiger partial charge in [0.25, 0.3) is 0 Å². The summed E-state index contributed by atoms with van der Waals surface area (Å²) < 4.78 is 5.40. The number of allylic oxidation sites excluding steroid dienone is 1. The SMILES string of the molecule is Cc1nc2c3c(c(N4CCOCC4)cc(C=O)c3n1)C=CC2=O. The number of aryl methyl sites for hydroxylation is 1. The lowest BCUT2D eigenvalue weighted by Crippen LogP contribution is -2.36. The summed E-state index contributed by atoms with van der Waals surface area (Å²) >= 11 is 0. The minimum atomic E-state index is -0.149. The van der Waals surface area contributed by atoms with Crippen LogP contribution in [0.3, 0.4) is 0 Å². The van der Waals surface area contributed by atoms with Gasteiger partial charge < -0.3 is 9.64 Å². The van der Waals surface area contributed by atoms with E-state index in [0.29, 0.717) is 41.2 Å². The van der Waals surface area contributed by atoms with E-state index in [9.17, 15) is 9.59 Å². The van der Waals surface area contributed by atoms with E-state index < -0.39 is 0 Å². The second-order valence-corrected chi connectivity index (χ2v) is 5.66. The molecule has 0 N–H and O–H groups in total. The summed E-state index contributed by atoms with van der Waals surface area (Å²) in [5.74, 6) is 0.341. The Bertz CT molecular complexity index is 867. The quantitative estimate of drug-likeness (QED) is 0.788. The lowest BCUT2D eigenvalue weighted by Gasteiger charge is -2.31. The molecule has 0 saturated carbocycles. The molecule has 0 amide bonds. The molecule has 1 saturated heterocycles. The van der Waals surface area contributed by atoms with Gasteiger partial charge in [-0.15, -0.1) is 0 Å². The molecule has 2 heterocycles. The van der Waals surface area contributed by atoms with Crippen molar-refractivity contribution in [1.82, 2.24) is 9.97 Å². The number of nitrogens with zero attached hydrogens (tertiary/aromatic N) is 3. The topological polar surface area (TPSA) is 72.4 Å². The fraction of sp³-hybridized carbons (Fsp3) is 0.294. The molecule has 1 aromatic carbocycles. The van der Waals surface area contributed by atoms with Gasteiger partial charge in [0.05, 0.1) is 18.7 Å². The Kier molecular flexibility index (Phi) is 3.20. The van der Waals surface area contributed by atoms with Crippen LogP contribution in [0.1, 0.15) is 32.2 Å². The first-order chi connectivity index (χ1) is 11.2. The summed E-state index contributed by atoms with van der Waals surface area (Å²) in [7, 11) is 0. The first-order valence-corrected chi connectivity index (χ1v) is 7.54. The van der Waals surface area contributed by atoms with E-state index in [1.54, 1.807) is 13.0 Å². The van der Waals surface area contributed by atoms with E-state index in [4.69, 9.17) is 4.74 Å². The highest BCUT2D eigenvalue weighted by atomic mass is 16.5.